The first-order valence-corrected chi connectivity index (χ1v) is 12.3. The van der Waals surface area contributed by atoms with Gasteiger partial charge in [-0.2, -0.15) is 5.26 Å². The van der Waals surface area contributed by atoms with Crippen molar-refractivity contribution in [1.82, 2.24) is 0 Å². The quantitative estimate of drug-likeness (QED) is 0.208. The van der Waals surface area contributed by atoms with Crippen molar-refractivity contribution in [3.63, 3.8) is 0 Å². The number of amides is 2. The van der Waals surface area contributed by atoms with Crippen LogP contribution in [0.25, 0.3) is 6.08 Å². The van der Waals surface area contributed by atoms with Crippen LogP contribution in [-0.4, -0.2) is 32.1 Å². The molecule has 0 spiro atoms. The number of benzene rings is 3. The van der Waals surface area contributed by atoms with Crippen LogP contribution >= 0.6 is 34.8 Å². The zero-order valence-electron chi connectivity index (χ0n) is 20.3. The highest BCUT2D eigenvalue weighted by Gasteiger charge is 2.16. The average molecular weight is 575 g/mol. The van der Waals surface area contributed by atoms with Crippen molar-refractivity contribution in [1.29, 1.82) is 5.26 Å². The Hall–Kier alpha value is -3.90. The van der Waals surface area contributed by atoms with Gasteiger partial charge in [-0.25, -0.2) is 0 Å². The van der Waals surface area contributed by atoms with Crippen LogP contribution < -0.4 is 24.8 Å². The predicted molar refractivity (Wildman–Crippen MR) is 148 cm³/mol. The van der Waals surface area contributed by atoms with E-state index in [9.17, 15) is 14.9 Å². The Morgan fingerprint density at radius 2 is 1.63 bits per heavy atom. The Balaban J connectivity index is 1.71. The highest BCUT2D eigenvalue weighted by Crippen LogP contribution is 2.37. The third-order valence-corrected chi connectivity index (χ3v) is 5.92. The Morgan fingerprint density at radius 3 is 2.26 bits per heavy atom. The van der Waals surface area contributed by atoms with Crippen LogP contribution in [0.1, 0.15) is 12.5 Å². The smallest absolute Gasteiger partial charge is 0.266 e. The van der Waals surface area contributed by atoms with Crippen molar-refractivity contribution < 1.29 is 23.8 Å². The summed E-state index contributed by atoms with van der Waals surface area (Å²) in [5.41, 5.74) is 1.20. The number of hydrogen-bond acceptors (Lipinski definition) is 6. The molecular formula is C27H22Cl3N3O5. The molecule has 0 unspecified atom stereocenters. The van der Waals surface area contributed by atoms with Crippen LogP contribution in [0.4, 0.5) is 11.4 Å². The van der Waals surface area contributed by atoms with Crippen molar-refractivity contribution in [2.45, 2.75) is 6.92 Å². The molecule has 0 heterocycles. The molecule has 0 aromatic heterocycles. The molecule has 0 aliphatic heterocycles. The minimum Gasteiger partial charge on any atom is -0.494 e. The Bertz CT molecular complexity index is 1400. The summed E-state index contributed by atoms with van der Waals surface area (Å²) in [5.74, 6) is -0.0880. The summed E-state index contributed by atoms with van der Waals surface area (Å²) in [5, 5.41) is 15.6. The Kier molecular flexibility index (Phi) is 10.3. The zero-order chi connectivity index (χ0) is 27.7. The summed E-state index contributed by atoms with van der Waals surface area (Å²) in [4.78, 5) is 25.0. The van der Waals surface area contributed by atoms with E-state index >= 15 is 0 Å². The van der Waals surface area contributed by atoms with Gasteiger partial charge in [-0.05, 0) is 73.2 Å². The van der Waals surface area contributed by atoms with Crippen molar-refractivity contribution in [3.05, 3.63) is 80.8 Å². The molecular weight excluding hydrogens is 553 g/mol. The lowest BCUT2D eigenvalue weighted by molar-refractivity contribution is -0.118. The number of methoxy groups -OCH3 is 1. The molecule has 0 fully saturated rings. The van der Waals surface area contributed by atoms with E-state index in [1.165, 1.54) is 31.4 Å². The molecule has 8 nitrogen and oxygen atoms in total. The summed E-state index contributed by atoms with van der Waals surface area (Å²) >= 11 is 18.2. The summed E-state index contributed by atoms with van der Waals surface area (Å²) in [6.07, 6.45) is 1.36. The SMILES string of the molecule is CCOc1ccc(NC(=O)/C(C#N)=C/c2cc(Cl)c(OCC(=O)Nc3ccc(Cl)c(Cl)c3)c(OC)c2)cc1. The second-order valence-electron chi connectivity index (χ2n) is 7.58. The molecule has 3 aromatic carbocycles. The second kappa shape index (κ2) is 13.6. The number of nitriles is 1. The molecule has 2 N–H and O–H groups in total. The van der Waals surface area contributed by atoms with E-state index < -0.39 is 11.8 Å². The van der Waals surface area contributed by atoms with Crippen LogP contribution in [0, 0.1) is 11.3 Å². The lowest BCUT2D eigenvalue weighted by Gasteiger charge is -2.14. The van der Waals surface area contributed by atoms with Gasteiger partial charge < -0.3 is 24.8 Å². The fraction of sp³-hybridized carbons (Fsp3) is 0.148. The second-order valence-corrected chi connectivity index (χ2v) is 8.80. The van der Waals surface area contributed by atoms with Crippen molar-refractivity contribution in [2.75, 3.05) is 31.0 Å². The maximum atomic E-state index is 12.7. The first kappa shape index (κ1) is 28.7. The van der Waals surface area contributed by atoms with Gasteiger partial charge in [0.25, 0.3) is 11.8 Å². The molecule has 38 heavy (non-hydrogen) atoms. The standard InChI is InChI=1S/C27H22Cl3N3O5/c1-3-37-20-7-4-18(5-8-20)33-27(35)17(14-31)10-16-11-23(30)26(24(12-16)36-2)38-15-25(34)32-19-6-9-21(28)22(29)13-19/h4-13H,3,15H2,1-2H3,(H,32,34)(H,33,35)/b17-10+. The molecule has 0 saturated heterocycles. The third kappa shape index (κ3) is 7.80. The van der Waals surface area contributed by atoms with Gasteiger partial charge in [-0.3, -0.25) is 9.59 Å². The molecule has 3 aromatic rings. The van der Waals surface area contributed by atoms with E-state index in [0.29, 0.717) is 39.3 Å². The lowest BCUT2D eigenvalue weighted by Crippen LogP contribution is -2.20. The normalized spacial score (nSPS) is 10.8. The molecule has 0 saturated carbocycles. The van der Waals surface area contributed by atoms with Crippen LogP contribution in [0.15, 0.2) is 60.2 Å². The van der Waals surface area contributed by atoms with Gasteiger partial charge >= 0.3 is 0 Å². The van der Waals surface area contributed by atoms with Gasteiger partial charge in [-0.1, -0.05) is 34.8 Å². The van der Waals surface area contributed by atoms with Gasteiger partial charge in [0.15, 0.2) is 18.1 Å². The van der Waals surface area contributed by atoms with Crippen LogP contribution in [0.2, 0.25) is 15.1 Å². The summed E-state index contributed by atoms with van der Waals surface area (Å²) in [6, 6.07) is 16.3. The number of nitrogens with zero attached hydrogens (tertiary/aromatic N) is 1. The zero-order valence-corrected chi connectivity index (χ0v) is 22.6. The largest absolute Gasteiger partial charge is 0.494 e. The fourth-order valence-corrected chi connectivity index (χ4v) is 3.76. The van der Waals surface area contributed by atoms with E-state index in [0.717, 1.165) is 0 Å². The van der Waals surface area contributed by atoms with Crippen LogP contribution in [0.5, 0.6) is 17.2 Å². The van der Waals surface area contributed by atoms with Gasteiger partial charge in [0.05, 0.1) is 28.8 Å². The molecule has 0 aliphatic carbocycles. The monoisotopic (exact) mass is 573 g/mol. The van der Waals surface area contributed by atoms with E-state index in [4.69, 9.17) is 49.0 Å². The topological polar surface area (TPSA) is 110 Å². The summed E-state index contributed by atoms with van der Waals surface area (Å²) in [6.45, 7) is 2.02. The van der Waals surface area contributed by atoms with Crippen molar-refractivity contribution in [2.24, 2.45) is 0 Å². The Morgan fingerprint density at radius 1 is 0.921 bits per heavy atom. The molecule has 3 rings (SSSR count). The fourth-order valence-electron chi connectivity index (χ4n) is 3.19. The molecule has 0 bridgehead atoms. The number of carbonyl (C=O) groups excluding carboxylic acids is 2. The van der Waals surface area contributed by atoms with Crippen LogP contribution in [-0.2, 0) is 9.59 Å². The highest BCUT2D eigenvalue weighted by molar-refractivity contribution is 6.42. The van der Waals surface area contributed by atoms with Gasteiger partial charge in [0.1, 0.15) is 17.4 Å². The molecule has 196 valence electrons. The lowest BCUT2D eigenvalue weighted by atomic mass is 10.1. The maximum Gasteiger partial charge on any atom is 0.266 e. The average Bonchev–Trinajstić information content (AvgIpc) is 2.89. The number of anilines is 2. The minimum atomic E-state index is -0.606. The summed E-state index contributed by atoms with van der Waals surface area (Å²) in [7, 11) is 1.39. The number of hydrogen-bond donors (Lipinski definition) is 2. The highest BCUT2D eigenvalue weighted by atomic mass is 35.5. The van der Waals surface area contributed by atoms with Crippen molar-refractivity contribution in [3.8, 4) is 23.3 Å². The van der Waals surface area contributed by atoms with Crippen molar-refractivity contribution >= 4 is 64.1 Å². The van der Waals surface area contributed by atoms with E-state index in [1.54, 1.807) is 36.4 Å². The number of ether oxygens (including phenoxy) is 3. The van der Waals surface area contributed by atoms with Crippen LogP contribution in [0.3, 0.4) is 0 Å². The number of rotatable bonds is 10. The predicted octanol–water partition coefficient (Wildman–Crippen LogP) is 6.62. The molecule has 11 heteroatoms. The molecule has 0 aliphatic rings. The molecule has 2 amide bonds. The molecule has 0 atom stereocenters. The van der Waals surface area contributed by atoms with Gasteiger partial charge in [0.2, 0.25) is 0 Å². The first-order chi connectivity index (χ1) is 18.2. The van der Waals surface area contributed by atoms with E-state index in [1.807, 2.05) is 13.0 Å². The number of nitrogens with one attached hydrogen (secondary N) is 2. The van der Waals surface area contributed by atoms with Gasteiger partial charge in [-0.15, -0.1) is 0 Å². The Labute approximate surface area is 234 Å². The first-order valence-electron chi connectivity index (χ1n) is 11.1. The number of carbonyl (C=O) groups is 2. The minimum absolute atomic E-state index is 0.113. The van der Waals surface area contributed by atoms with E-state index in [-0.39, 0.29) is 28.7 Å². The summed E-state index contributed by atoms with van der Waals surface area (Å²) < 4.78 is 16.3. The molecule has 0 radical (unpaired) electrons. The third-order valence-electron chi connectivity index (χ3n) is 4.90. The number of halogens is 3. The maximum absolute atomic E-state index is 12.7. The van der Waals surface area contributed by atoms with Gasteiger partial charge in [0, 0.05) is 11.4 Å². The van der Waals surface area contributed by atoms with E-state index in [2.05, 4.69) is 10.6 Å².